The minimum Gasteiger partial charge on any atom is -0.308 e. The molecule has 6 nitrogen and oxygen atoms in total. The Hall–Kier alpha value is -1.24. The van der Waals surface area contributed by atoms with E-state index in [1.54, 1.807) is 0 Å². The van der Waals surface area contributed by atoms with Crippen molar-refractivity contribution < 1.29 is 0 Å². The van der Waals surface area contributed by atoms with Gasteiger partial charge in [-0.15, -0.1) is 0 Å². The Labute approximate surface area is 103 Å². The predicted octanol–water partition coefficient (Wildman–Crippen LogP) is 0.0640. The summed E-state index contributed by atoms with van der Waals surface area (Å²) in [7, 11) is 6.19. The standard InChI is InChI=1S/C11H22N6/c1-9-7-10(15-12)14-11(13-9)8-17(4)6-5-16(2)3/h7H,5-6,8,12H2,1-4H3,(H,13,14,15). The van der Waals surface area contributed by atoms with Gasteiger partial charge in [0.25, 0.3) is 0 Å². The number of hydrogen-bond acceptors (Lipinski definition) is 6. The Kier molecular flexibility index (Phi) is 5.27. The Balaban J connectivity index is 2.58. The summed E-state index contributed by atoms with van der Waals surface area (Å²) in [5.74, 6) is 6.81. The number of nitrogens with zero attached hydrogens (tertiary/aromatic N) is 4. The van der Waals surface area contributed by atoms with Gasteiger partial charge in [-0.2, -0.15) is 0 Å². The quantitative estimate of drug-likeness (QED) is 0.539. The van der Waals surface area contributed by atoms with Crippen LogP contribution in [0.25, 0.3) is 0 Å². The summed E-state index contributed by atoms with van der Waals surface area (Å²) >= 11 is 0. The van der Waals surface area contributed by atoms with E-state index in [1.165, 1.54) is 0 Å². The molecule has 0 aliphatic carbocycles. The third kappa shape index (κ3) is 5.08. The molecule has 0 fully saturated rings. The maximum absolute atomic E-state index is 5.36. The number of aryl methyl sites for hydroxylation is 1. The van der Waals surface area contributed by atoms with E-state index in [4.69, 9.17) is 5.84 Å². The molecule has 3 N–H and O–H groups in total. The Morgan fingerprint density at radius 3 is 2.53 bits per heavy atom. The van der Waals surface area contributed by atoms with E-state index in [1.807, 2.05) is 13.0 Å². The zero-order valence-corrected chi connectivity index (χ0v) is 11.1. The second-order valence-corrected chi connectivity index (χ2v) is 4.50. The van der Waals surface area contributed by atoms with E-state index in [2.05, 4.69) is 46.3 Å². The first kappa shape index (κ1) is 13.8. The Morgan fingerprint density at radius 2 is 1.94 bits per heavy atom. The van der Waals surface area contributed by atoms with E-state index in [-0.39, 0.29) is 0 Å². The van der Waals surface area contributed by atoms with Gasteiger partial charge in [-0.25, -0.2) is 15.8 Å². The van der Waals surface area contributed by atoms with Crippen molar-refractivity contribution in [3.05, 3.63) is 17.6 Å². The molecule has 0 aromatic carbocycles. The van der Waals surface area contributed by atoms with Gasteiger partial charge in [-0.1, -0.05) is 0 Å². The highest BCUT2D eigenvalue weighted by Gasteiger charge is 2.05. The van der Waals surface area contributed by atoms with Gasteiger partial charge in [0, 0.05) is 24.8 Å². The third-order valence-electron chi connectivity index (χ3n) is 2.39. The molecular formula is C11H22N6. The lowest BCUT2D eigenvalue weighted by atomic mass is 10.4. The summed E-state index contributed by atoms with van der Waals surface area (Å²) in [6.07, 6.45) is 0. The molecule has 0 radical (unpaired) electrons. The van der Waals surface area contributed by atoms with Crippen LogP contribution in [0.5, 0.6) is 0 Å². The topological polar surface area (TPSA) is 70.3 Å². The fraction of sp³-hybridized carbons (Fsp3) is 0.636. The number of rotatable bonds is 6. The lowest BCUT2D eigenvalue weighted by molar-refractivity contribution is 0.271. The minimum atomic E-state index is 0.661. The fourth-order valence-corrected chi connectivity index (χ4v) is 1.47. The van der Waals surface area contributed by atoms with Crippen LogP contribution in [0.15, 0.2) is 6.07 Å². The maximum Gasteiger partial charge on any atom is 0.144 e. The van der Waals surface area contributed by atoms with Crippen molar-refractivity contribution in [3.8, 4) is 0 Å². The zero-order chi connectivity index (χ0) is 12.8. The Morgan fingerprint density at radius 1 is 1.24 bits per heavy atom. The molecule has 0 saturated carbocycles. The molecule has 0 amide bonds. The lowest BCUT2D eigenvalue weighted by Crippen LogP contribution is -2.29. The number of hydrazine groups is 1. The molecule has 0 unspecified atom stereocenters. The fourth-order valence-electron chi connectivity index (χ4n) is 1.47. The van der Waals surface area contributed by atoms with Crippen molar-refractivity contribution in [2.45, 2.75) is 13.5 Å². The van der Waals surface area contributed by atoms with Crippen LogP contribution in [0.2, 0.25) is 0 Å². The molecule has 0 saturated heterocycles. The molecule has 0 atom stereocenters. The molecule has 1 heterocycles. The molecule has 1 aromatic heterocycles. The van der Waals surface area contributed by atoms with Gasteiger partial charge in [-0.3, -0.25) is 4.90 Å². The third-order valence-corrected chi connectivity index (χ3v) is 2.39. The van der Waals surface area contributed by atoms with Crippen LogP contribution in [-0.4, -0.2) is 54.0 Å². The SMILES string of the molecule is Cc1cc(NN)nc(CN(C)CCN(C)C)n1. The van der Waals surface area contributed by atoms with Gasteiger partial charge in [0.05, 0.1) is 6.54 Å². The van der Waals surface area contributed by atoms with E-state index < -0.39 is 0 Å². The van der Waals surface area contributed by atoms with E-state index in [0.29, 0.717) is 5.82 Å². The number of nitrogens with one attached hydrogen (secondary N) is 1. The van der Waals surface area contributed by atoms with Crippen LogP contribution in [0.3, 0.4) is 0 Å². The molecule has 0 spiro atoms. The number of likely N-dealkylation sites (N-methyl/N-ethyl adjacent to an activating group) is 2. The van der Waals surface area contributed by atoms with Crippen LogP contribution in [0.4, 0.5) is 5.82 Å². The summed E-state index contributed by atoms with van der Waals surface area (Å²) in [6.45, 7) is 4.66. The highest BCUT2D eigenvalue weighted by atomic mass is 15.3. The summed E-state index contributed by atoms with van der Waals surface area (Å²) in [6, 6.07) is 1.82. The van der Waals surface area contributed by atoms with Crippen molar-refractivity contribution in [2.75, 3.05) is 39.7 Å². The predicted molar refractivity (Wildman–Crippen MR) is 69.5 cm³/mol. The largest absolute Gasteiger partial charge is 0.308 e. The van der Waals surface area contributed by atoms with Crippen LogP contribution in [0, 0.1) is 6.92 Å². The van der Waals surface area contributed by atoms with Crippen molar-refractivity contribution in [3.63, 3.8) is 0 Å². The highest BCUT2D eigenvalue weighted by molar-refractivity contribution is 5.33. The van der Waals surface area contributed by atoms with Crippen molar-refractivity contribution in [1.82, 2.24) is 19.8 Å². The molecule has 0 aliphatic rings. The molecular weight excluding hydrogens is 216 g/mol. The first-order valence-electron chi connectivity index (χ1n) is 5.65. The second kappa shape index (κ2) is 6.48. The number of anilines is 1. The van der Waals surface area contributed by atoms with E-state index >= 15 is 0 Å². The smallest absolute Gasteiger partial charge is 0.144 e. The van der Waals surface area contributed by atoms with Crippen LogP contribution in [-0.2, 0) is 6.54 Å². The molecule has 96 valence electrons. The molecule has 1 aromatic rings. The number of aromatic nitrogens is 2. The van der Waals surface area contributed by atoms with E-state index in [9.17, 15) is 0 Å². The number of nitrogens with two attached hydrogens (primary N) is 1. The number of hydrogen-bond donors (Lipinski definition) is 2. The molecule has 0 bridgehead atoms. The normalized spacial score (nSPS) is 11.2. The maximum atomic E-state index is 5.36. The van der Waals surface area contributed by atoms with Gasteiger partial charge in [0.2, 0.25) is 0 Å². The summed E-state index contributed by atoms with van der Waals surface area (Å²) in [4.78, 5) is 13.0. The molecule has 17 heavy (non-hydrogen) atoms. The minimum absolute atomic E-state index is 0.661. The average molecular weight is 238 g/mol. The van der Waals surface area contributed by atoms with Crippen molar-refractivity contribution in [1.29, 1.82) is 0 Å². The highest BCUT2D eigenvalue weighted by Crippen LogP contribution is 2.06. The van der Waals surface area contributed by atoms with Gasteiger partial charge < -0.3 is 10.3 Å². The summed E-state index contributed by atoms with van der Waals surface area (Å²) in [5.41, 5.74) is 3.47. The van der Waals surface area contributed by atoms with Crippen molar-refractivity contribution >= 4 is 5.82 Å². The van der Waals surface area contributed by atoms with Gasteiger partial charge >= 0.3 is 0 Å². The second-order valence-electron chi connectivity index (χ2n) is 4.50. The lowest BCUT2D eigenvalue weighted by Gasteiger charge is -2.18. The number of nitrogen functional groups attached to an aromatic ring is 1. The van der Waals surface area contributed by atoms with Crippen molar-refractivity contribution in [2.24, 2.45) is 5.84 Å². The van der Waals surface area contributed by atoms with Gasteiger partial charge in [0.1, 0.15) is 11.6 Å². The van der Waals surface area contributed by atoms with Gasteiger partial charge in [-0.05, 0) is 28.1 Å². The molecule has 6 heteroatoms. The molecule has 0 aliphatic heterocycles. The van der Waals surface area contributed by atoms with Gasteiger partial charge in [0.15, 0.2) is 0 Å². The summed E-state index contributed by atoms with van der Waals surface area (Å²) < 4.78 is 0. The first-order valence-corrected chi connectivity index (χ1v) is 5.65. The van der Waals surface area contributed by atoms with Crippen LogP contribution < -0.4 is 11.3 Å². The molecule has 1 rings (SSSR count). The van der Waals surface area contributed by atoms with E-state index in [0.717, 1.165) is 31.2 Å². The zero-order valence-electron chi connectivity index (χ0n) is 11.1. The average Bonchev–Trinajstić information content (AvgIpc) is 2.25. The van der Waals surface area contributed by atoms with Crippen LogP contribution >= 0.6 is 0 Å². The summed E-state index contributed by atoms with van der Waals surface area (Å²) in [5, 5.41) is 0. The first-order chi connectivity index (χ1) is 8.01. The monoisotopic (exact) mass is 238 g/mol. The van der Waals surface area contributed by atoms with Crippen LogP contribution in [0.1, 0.15) is 11.5 Å². The Bertz CT molecular complexity index is 352.